The van der Waals surface area contributed by atoms with Crippen LogP contribution in [-0.4, -0.2) is 62.7 Å². The molecule has 2 heterocycles. The Morgan fingerprint density at radius 1 is 1.39 bits per heavy atom. The highest BCUT2D eigenvalue weighted by molar-refractivity contribution is 4.92. The number of likely N-dealkylation sites (N-methyl/N-ethyl adjacent to an activating group) is 1. The van der Waals surface area contributed by atoms with Crippen LogP contribution >= 0.6 is 0 Å². The molecule has 18 heavy (non-hydrogen) atoms. The summed E-state index contributed by atoms with van der Waals surface area (Å²) in [7, 11) is 4.46. The molecule has 106 valence electrons. The molecule has 0 aromatic heterocycles. The van der Waals surface area contributed by atoms with Crippen LogP contribution in [0.15, 0.2) is 0 Å². The summed E-state index contributed by atoms with van der Waals surface area (Å²) in [6.07, 6.45) is 6.85. The molecule has 2 unspecified atom stereocenters. The monoisotopic (exact) mass is 253 g/mol. The van der Waals surface area contributed by atoms with E-state index in [1.807, 2.05) is 0 Å². The van der Waals surface area contributed by atoms with Crippen LogP contribution in [0, 0.1) is 5.41 Å². The molecule has 2 atom stereocenters. The summed E-state index contributed by atoms with van der Waals surface area (Å²) < 4.78 is 0. The second kappa shape index (κ2) is 6.36. The Kier molecular flexibility index (Phi) is 5.05. The Labute approximate surface area is 113 Å². The van der Waals surface area contributed by atoms with Crippen molar-refractivity contribution in [2.75, 3.05) is 46.8 Å². The summed E-state index contributed by atoms with van der Waals surface area (Å²) in [5.74, 6) is 0. The highest BCUT2D eigenvalue weighted by Crippen LogP contribution is 2.33. The topological polar surface area (TPSA) is 18.5 Å². The number of hydrogen-bond acceptors (Lipinski definition) is 3. The summed E-state index contributed by atoms with van der Waals surface area (Å²) in [5, 5.41) is 3.58. The Morgan fingerprint density at radius 3 is 2.83 bits per heavy atom. The van der Waals surface area contributed by atoms with Crippen molar-refractivity contribution in [3.8, 4) is 0 Å². The molecule has 1 N–H and O–H groups in total. The van der Waals surface area contributed by atoms with Crippen molar-refractivity contribution in [2.45, 2.75) is 45.1 Å². The Balaban J connectivity index is 1.90. The zero-order valence-electron chi connectivity index (χ0n) is 12.5. The molecular weight excluding hydrogens is 222 g/mol. The molecule has 0 spiro atoms. The van der Waals surface area contributed by atoms with E-state index in [2.05, 4.69) is 36.1 Å². The summed E-state index contributed by atoms with van der Waals surface area (Å²) in [6.45, 7) is 8.71. The number of rotatable bonds is 5. The Bertz CT molecular complexity index is 246. The van der Waals surface area contributed by atoms with E-state index in [-0.39, 0.29) is 0 Å². The van der Waals surface area contributed by atoms with Crippen LogP contribution in [0.25, 0.3) is 0 Å². The van der Waals surface area contributed by atoms with Crippen LogP contribution in [0.4, 0.5) is 0 Å². The molecule has 0 saturated carbocycles. The SMILES string of the molecule is CCCC1(CN2CCCC(N(C)C)C2)CCNC1. The lowest BCUT2D eigenvalue weighted by Crippen LogP contribution is -2.49. The average molecular weight is 253 g/mol. The van der Waals surface area contributed by atoms with Crippen molar-refractivity contribution >= 4 is 0 Å². The molecule has 2 fully saturated rings. The summed E-state index contributed by atoms with van der Waals surface area (Å²) in [5.41, 5.74) is 0.572. The van der Waals surface area contributed by atoms with Crippen molar-refractivity contribution in [2.24, 2.45) is 5.41 Å². The van der Waals surface area contributed by atoms with Crippen LogP contribution in [0.1, 0.15) is 39.0 Å². The lowest BCUT2D eigenvalue weighted by Gasteiger charge is -2.41. The van der Waals surface area contributed by atoms with Gasteiger partial charge in [-0.1, -0.05) is 13.3 Å². The zero-order valence-corrected chi connectivity index (χ0v) is 12.5. The van der Waals surface area contributed by atoms with Gasteiger partial charge in [-0.25, -0.2) is 0 Å². The van der Waals surface area contributed by atoms with Gasteiger partial charge in [0.25, 0.3) is 0 Å². The van der Waals surface area contributed by atoms with E-state index in [4.69, 9.17) is 0 Å². The van der Waals surface area contributed by atoms with Gasteiger partial charge in [0.2, 0.25) is 0 Å². The molecule has 0 amide bonds. The molecule has 0 bridgehead atoms. The molecule has 2 saturated heterocycles. The number of nitrogens with zero attached hydrogens (tertiary/aromatic N) is 2. The number of likely N-dealkylation sites (tertiary alicyclic amines) is 1. The van der Waals surface area contributed by atoms with Crippen LogP contribution < -0.4 is 5.32 Å². The van der Waals surface area contributed by atoms with Gasteiger partial charge in [0.05, 0.1) is 0 Å². The third kappa shape index (κ3) is 3.46. The number of nitrogens with one attached hydrogen (secondary N) is 1. The van der Waals surface area contributed by atoms with E-state index in [0.29, 0.717) is 5.41 Å². The van der Waals surface area contributed by atoms with Gasteiger partial charge in [-0.05, 0) is 58.3 Å². The van der Waals surface area contributed by atoms with Gasteiger partial charge < -0.3 is 15.1 Å². The zero-order chi connectivity index (χ0) is 13.0. The Hall–Kier alpha value is -0.120. The first-order chi connectivity index (χ1) is 8.65. The third-order valence-electron chi connectivity index (χ3n) is 4.88. The minimum atomic E-state index is 0.572. The summed E-state index contributed by atoms with van der Waals surface area (Å²) in [6, 6.07) is 0.770. The van der Waals surface area contributed by atoms with E-state index in [1.165, 1.54) is 64.8 Å². The lowest BCUT2D eigenvalue weighted by molar-refractivity contribution is 0.0864. The van der Waals surface area contributed by atoms with Crippen LogP contribution in [0.5, 0.6) is 0 Å². The van der Waals surface area contributed by atoms with E-state index in [1.54, 1.807) is 0 Å². The molecular formula is C15H31N3. The molecule has 2 rings (SSSR count). The minimum absolute atomic E-state index is 0.572. The van der Waals surface area contributed by atoms with Crippen LogP contribution in [0.3, 0.4) is 0 Å². The first-order valence-corrected chi connectivity index (χ1v) is 7.75. The van der Waals surface area contributed by atoms with Gasteiger partial charge in [0, 0.05) is 25.7 Å². The maximum atomic E-state index is 3.58. The van der Waals surface area contributed by atoms with E-state index in [0.717, 1.165) is 6.04 Å². The predicted octanol–water partition coefficient (Wildman–Crippen LogP) is 1.79. The average Bonchev–Trinajstić information content (AvgIpc) is 2.78. The van der Waals surface area contributed by atoms with Crippen molar-refractivity contribution in [3.63, 3.8) is 0 Å². The number of hydrogen-bond donors (Lipinski definition) is 1. The first-order valence-electron chi connectivity index (χ1n) is 7.75. The fraction of sp³-hybridized carbons (Fsp3) is 1.00. The maximum Gasteiger partial charge on any atom is 0.0217 e. The molecule has 0 aromatic carbocycles. The van der Waals surface area contributed by atoms with Gasteiger partial charge >= 0.3 is 0 Å². The van der Waals surface area contributed by atoms with E-state index >= 15 is 0 Å². The van der Waals surface area contributed by atoms with Gasteiger partial charge in [-0.2, -0.15) is 0 Å². The Morgan fingerprint density at radius 2 is 2.22 bits per heavy atom. The van der Waals surface area contributed by atoms with E-state index < -0.39 is 0 Å². The molecule has 2 aliphatic heterocycles. The predicted molar refractivity (Wildman–Crippen MR) is 78.0 cm³/mol. The summed E-state index contributed by atoms with van der Waals surface area (Å²) in [4.78, 5) is 5.14. The van der Waals surface area contributed by atoms with Crippen LogP contribution in [-0.2, 0) is 0 Å². The molecule has 3 heteroatoms. The fourth-order valence-corrected chi connectivity index (χ4v) is 3.82. The highest BCUT2D eigenvalue weighted by Gasteiger charge is 2.35. The largest absolute Gasteiger partial charge is 0.316 e. The van der Waals surface area contributed by atoms with Crippen molar-refractivity contribution in [1.29, 1.82) is 0 Å². The van der Waals surface area contributed by atoms with Crippen molar-refractivity contribution < 1.29 is 0 Å². The summed E-state index contributed by atoms with van der Waals surface area (Å²) >= 11 is 0. The smallest absolute Gasteiger partial charge is 0.0217 e. The third-order valence-corrected chi connectivity index (χ3v) is 4.88. The van der Waals surface area contributed by atoms with Gasteiger partial charge in [-0.15, -0.1) is 0 Å². The molecule has 0 radical (unpaired) electrons. The molecule has 0 aromatic rings. The first kappa shape index (κ1) is 14.3. The highest BCUT2D eigenvalue weighted by atomic mass is 15.2. The standard InChI is InChI=1S/C15H31N3/c1-4-7-15(8-9-16-12-15)13-18-10-5-6-14(11-18)17(2)3/h14,16H,4-13H2,1-3H3. The normalized spacial score (nSPS) is 34.3. The van der Waals surface area contributed by atoms with Crippen LogP contribution in [0.2, 0.25) is 0 Å². The molecule has 0 aliphatic carbocycles. The van der Waals surface area contributed by atoms with E-state index in [9.17, 15) is 0 Å². The lowest BCUT2D eigenvalue weighted by atomic mass is 9.81. The van der Waals surface area contributed by atoms with Crippen molar-refractivity contribution in [1.82, 2.24) is 15.1 Å². The van der Waals surface area contributed by atoms with Gasteiger partial charge in [0.15, 0.2) is 0 Å². The minimum Gasteiger partial charge on any atom is -0.316 e. The second-order valence-corrected chi connectivity index (χ2v) is 6.67. The molecule has 3 nitrogen and oxygen atoms in total. The maximum absolute atomic E-state index is 3.58. The quantitative estimate of drug-likeness (QED) is 0.806. The molecule has 2 aliphatic rings. The van der Waals surface area contributed by atoms with Gasteiger partial charge in [0.1, 0.15) is 0 Å². The van der Waals surface area contributed by atoms with Crippen molar-refractivity contribution in [3.05, 3.63) is 0 Å². The fourth-order valence-electron chi connectivity index (χ4n) is 3.82. The number of piperidine rings is 1. The van der Waals surface area contributed by atoms with Gasteiger partial charge in [-0.3, -0.25) is 0 Å². The second-order valence-electron chi connectivity index (χ2n) is 6.67.